The van der Waals surface area contributed by atoms with Gasteiger partial charge < -0.3 is 0 Å². The normalized spacial score (nSPS) is 17.3. The lowest BCUT2D eigenvalue weighted by molar-refractivity contribution is 0.479. The van der Waals surface area contributed by atoms with Crippen molar-refractivity contribution in [3.63, 3.8) is 0 Å². The summed E-state index contributed by atoms with van der Waals surface area (Å²) >= 11 is 0. The standard InChI is InChI=1S/C13H25/c1-2-3-4-5-6-7-8-10-13-11-9-12-13/h2-12H2,1H3. The molecule has 1 rings (SSSR count). The molecule has 0 atom stereocenters. The van der Waals surface area contributed by atoms with Crippen molar-refractivity contribution in [1.82, 2.24) is 0 Å². The lowest BCUT2D eigenvalue weighted by Crippen LogP contribution is -2.07. The van der Waals surface area contributed by atoms with Crippen molar-refractivity contribution in [2.24, 2.45) is 0 Å². The highest BCUT2D eigenvalue weighted by Gasteiger charge is 2.16. The summed E-state index contributed by atoms with van der Waals surface area (Å²) in [5.41, 5.74) is 0. The number of hydrogen-bond acceptors (Lipinski definition) is 0. The first kappa shape index (κ1) is 11.1. The van der Waals surface area contributed by atoms with Gasteiger partial charge in [-0.1, -0.05) is 58.3 Å². The van der Waals surface area contributed by atoms with E-state index in [-0.39, 0.29) is 0 Å². The zero-order chi connectivity index (χ0) is 9.36. The Kier molecular flexibility index (Phi) is 6.31. The molecule has 0 aromatic heterocycles. The molecular weight excluding hydrogens is 156 g/mol. The second-order valence-electron chi connectivity index (χ2n) is 4.47. The Bertz CT molecular complexity index is 103. The van der Waals surface area contributed by atoms with Gasteiger partial charge in [0.2, 0.25) is 0 Å². The highest BCUT2D eigenvalue weighted by Crippen LogP contribution is 2.33. The minimum Gasteiger partial charge on any atom is -0.0654 e. The predicted octanol–water partition coefficient (Wildman–Crippen LogP) is 4.89. The van der Waals surface area contributed by atoms with E-state index in [1.165, 1.54) is 70.6 Å². The second kappa shape index (κ2) is 7.41. The van der Waals surface area contributed by atoms with E-state index >= 15 is 0 Å². The summed E-state index contributed by atoms with van der Waals surface area (Å²) in [4.78, 5) is 0. The molecule has 0 aromatic carbocycles. The molecule has 0 bridgehead atoms. The maximum absolute atomic E-state index is 2.28. The van der Waals surface area contributed by atoms with Crippen LogP contribution >= 0.6 is 0 Å². The third-order valence-electron chi connectivity index (χ3n) is 3.19. The maximum Gasteiger partial charge on any atom is -0.0241 e. The third kappa shape index (κ3) is 5.33. The lowest BCUT2D eigenvalue weighted by Gasteiger charge is -2.24. The highest BCUT2D eigenvalue weighted by atomic mass is 14.2. The van der Waals surface area contributed by atoms with Crippen molar-refractivity contribution in [2.45, 2.75) is 77.6 Å². The third-order valence-corrected chi connectivity index (χ3v) is 3.19. The van der Waals surface area contributed by atoms with Gasteiger partial charge in [-0.25, -0.2) is 0 Å². The van der Waals surface area contributed by atoms with Crippen LogP contribution in [0.1, 0.15) is 77.6 Å². The fourth-order valence-corrected chi connectivity index (χ4v) is 2.01. The minimum absolute atomic E-state index is 1.37. The summed E-state index contributed by atoms with van der Waals surface area (Å²) in [6.45, 7) is 2.28. The SMILES string of the molecule is CCCCCCCCC[C]1CCC1. The molecule has 1 aliphatic rings. The van der Waals surface area contributed by atoms with Crippen LogP contribution in [0.15, 0.2) is 0 Å². The van der Waals surface area contributed by atoms with Crippen molar-refractivity contribution >= 4 is 0 Å². The van der Waals surface area contributed by atoms with Gasteiger partial charge in [-0.3, -0.25) is 0 Å². The molecule has 0 aliphatic heterocycles. The molecule has 0 aromatic rings. The fraction of sp³-hybridized carbons (Fsp3) is 0.923. The Morgan fingerprint density at radius 3 is 2.00 bits per heavy atom. The van der Waals surface area contributed by atoms with Crippen LogP contribution in [-0.4, -0.2) is 0 Å². The van der Waals surface area contributed by atoms with Gasteiger partial charge >= 0.3 is 0 Å². The van der Waals surface area contributed by atoms with Crippen LogP contribution in [0.2, 0.25) is 0 Å². The van der Waals surface area contributed by atoms with Crippen molar-refractivity contribution in [2.75, 3.05) is 0 Å². The van der Waals surface area contributed by atoms with E-state index < -0.39 is 0 Å². The van der Waals surface area contributed by atoms with Gasteiger partial charge in [0.15, 0.2) is 0 Å². The Hall–Kier alpha value is 0. The first-order chi connectivity index (χ1) is 6.43. The predicted molar refractivity (Wildman–Crippen MR) is 59.7 cm³/mol. The lowest BCUT2D eigenvalue weighted by atomic mass is 9.81. The summed E-state index contributed by atoms with van der Waals surface area (Å²) in [6, 6.07) is 0. The molecule has 0 spiro atoms. The van der Waals surface area contributed by atoms with E-state index in [4.69, 9.17) is 0 Å². The van der Waals surface area contributed by atoms with E-state index in [0.29, 0.717) is 0 Å². The van der Waals surface area contributed by atoms with E-state index in [1.807, 2.05) is 5.92 Å². The molecule has 13 heavy (non-hydrogen) atoms. The van der Waals surface area contributed by atoms with Crippen LogP contribution in [0.3, 0.4) is 0 Å². The second-order valence-corrected chi connectivity index (χ2v) is 4.47. The molecule has 0 N–H and O–H groups in total. The van der Waals surface area contributed by atoms with Gasteiger partial charge in [0, 0.05) is 0 Å². The maximum atomic E-state index is 2.28. The molecule has 0 nitrogen and oxygen atoms in total. The van der Waals surface area contributed by atoms with Crippen LogP contribution in [-0.2, 0) is 0 Å². The Morgan fingerprint density at radius 1 is 0.846 bits per heavy atom. The van der Waals surface area contributed by atoms with Gasteiger partial charge in [0.25, 0.3) is 0 Å². The first-order valence-electron chi connectivity index (χ1n) is 6.27. The van der Waals surface area contributed by atoms with E-state index in [0.717, 1.165) is 0 Å². The summed E-state index contributed by atoms with van der Waals surface area (Å²) in [6.07, 6.45) is 16.0. The Labute approximate surface area is 84.1 Å². The van der Waals surface area contributed by atoms with Crippen molar-refractivity contribution in [3.05, 3.63) is 5.92 Å². The largest absolute Gasteiger partial charge is 0.0654 e. The molecule has 1 radical (unpaired) electrons. The topological polar surface area (TPSA) is 0 Å². The number of unbranched alkanes of at least 4 members (excludes halogenated alkanes) is 6. The summed E-state index contributed by atoms with van der Waals surface area (Å²) in [7, 11) is 0. The average Bonchev–Trinajstić information content (AvgIpc) is 2.07. The van der Waals surface area contributed by atoms with E-state index in [1.54, 1.807) is 0 Å². The molecule has 1 fully saturated rings. The quantitative estimate of drug-likeness (QED) is 0.468. The van der Waals surface area contributed by atoms with Gasteiger partial charge in [-0.2, -0.15) is 0 Å². The summed E-state index contributed by atoms with van der Waals surface area (Å²) < 4.78 is 0. The molecule has 1 saturated carbocycles. The van der Waals surface area contributed by atoms with E-state index in [9.17, 15) is 0 Å². The van der Waals surface area contributed by atoms with Crippen LogP contribution in [0.4, 0.5) is 0 Å². The Morgan fingerprint density at radius 2 is 1.46 bits per heavy atom. The van der Waals surface area contributed by atoms with Crippen LogP contribution in [0.25, 0.3) is 0 Å². The average molecular weight is 181 g/mol. The van der Waals surface area contributed by atoms with Gasteiger partial charge in [-0.05, 0) is 25.2 Å². The van der Waals surface area contributed by atoms with Crippen LogP contribution < -0.4 is 0 Å². The molecule has 0 unspecified atom stereocenters. The molecule has 0 saturated heterocycles. The summed E-state index contributed by atoms with van der Waals surface area (Å²) in [5.74, 6) is 1.86. The molecule has 0 heterocycles. The zero-order valence-corrected chi connectivity index (χ0v) is 9.28. The Balaban J connectivity index is 1.68. The van der Waals surface area contributed by atoms with Gasteiger partial charge in [0.1, 0.15) is 0 Å². The van der Waals surface area contributed by atoms with Crippen molar-refractivity contribution in [3.8, 4) is 0 Å². The van der Waals surface area contributed by atoms with E-state index in [2.05, 4.69) is 6.92 Å². The number of rotatable bonds is 8. The van der Waals surface area contributed by atoms with Crippen molar-refractivity contribution in [1.29, 1.82) is 0 Å². The van der Waals surface area contributed by atoms with Crippen LogP contribution in [0, 0.1) is 5.92 Å². The fourth-order valence-electron chi connectivity index (χ4n) is 2.01. The smallest absolute Gasteiger partial charge is 0.0241 e. The highest BCUT2D eigenvalue weighted by molar-refractivity contribution is 4.97. The zero-order valence-electron chi connectivity index (χ0n) is 9.28. The molecule has 0 heteroatoms. The first-order valence-corrected chi connectivity index (χ1v) is 6.27. The minimum atomic E-state index is 1.37. The molecular formula is C13H25. The molecule has 1 aliphatic carbocycles. The molecule has 0 amide bonds. The van der Waals surface area contributed by atoms with Crippen molar-refractivity contribution < 1.29 is 0 Å². The van der Waals surface area contributed by atoms with Gasteiger partial charge in [-0.15, -0.1) is 0 Å². The molecule has 77 valence electrons. The number of hydrogen-bond donors (Lipinski definition) is 0. The van der Waals surface area contributed by atoms with Gasteiger partial charge in [0.05, 0.1) is 0 Å². The monoisotopic (exact) mass is 181 g/mol. The van der Waals surface area contributed by atoms with Crippen LogP contribution in [0.5, 0.6) is 0 Å². The summed E-state index contributed by atoms with van der Waals surface area (Å²) in [5, 5.41) is 0.